The summed E-state index contributed by atoms with van der Waals surface area (Å²) in [4.78, 5) is 3.23. The molecule has 2 aromatic carbocycles. The van der Waals surface area contributed by atoms with Crippen LogP contribution in [-0.2, 0) is 6.42 Å². The minimum atomic E-state index is 1.00. The Kier molecular flexibility index (Phi) is 1.95. The molecule has 0 atom stereocenters. The van der Waals surface area contributed by atoms with E-state index in [0.717, 1.165) is 17.7 Å². The summed E-state index contributed by atoms with van der Waals surface area (Å²) in [6, 6.07) is 20.6. The Morgan fingerprint density at radius 1 is 0.889 bits per heavy atom. The molecule has 1 heteroatoms. The highest BCUT2D eigenvalue weighted by molar-refractivity contribution is 5.79. The lowest BCUT2D eigenvalue weighted by molar-refractivity contribution is 1.25. The lowest BCUT2D eigenvalue weighted by Crippen LogP contribution is -1.84. The van der Waals surface area contributed by atoms with Crippen molar-refractivity contribution in [3.8, 4) is 22.4 Å². The van der Waals surface area contributed by atoms with Crippen LogP contribution >= 0.6 is 0 Å². The second-order valence-corrected chi connectivity index (χ2v) is 4.68. The van der Waals surface area contributed by atoms with Crippen LogP contribution in [-0.4, -0.2) is 4.98 Å². The smallest absolute Gasteiger partial charge is 0.0460 e. The van der Waals surface area contributed by atoms with Gasteiger partial charge in [0.15, 0.2) is 0 Å². The lowest BCUT2D eigenvalue weighted by atomic mass is 10.0. The highest BCUT2D eigenvalue weighted by atomic mass is 14.7. The third kappa shape index (κ3) is 1.34. The molecular weight excluding hydrogens is 218 g/mol. The van der Waals surface area contributed by atoms with Gasteiger partial charge in [0.1, 0.15) is 0 Å². The number of rotatable bonds is 1. The van der Waals surface area contributed by atoms with Crippen LogP contribution in [0.4, 0.5) is 0 Å². The molecule has 1 aromatic heterocycles. The Morgan fingerprint density at radius 3 is 2.72 bits per heavy atom. The summed E-state index contributed by atoms with van der Waals surface area (Å²) in [6.45, 7) is 0. The number of nitrogens with one attached hydrogen (secondary N) is 1. The first-order chi connectivity index (χ1) is 8.92. The standard InChI is InChI=1S/C17H12N/c1-2-5-15-12(4-1)10-14-11-13(7-8-16(14)15)17-6-3-9-18-17/h1-9,18H,10H2. The SMILES string of the molecule is [c]1c(-c2ccc[nH]2)ccc2c1Cc1ccccc1-2. The Morgan fingerprint density at radius 2 is 1.83 bits per heavy atom. The molecule has 1 aliphatic rings. The number of aromatic nitrogens is 1. The zero-order chi connectivity index (χ0) is 11.9. The molecule has 1 nitrogen and oxygen atoms in total. The van der Waals surface area contributed by atoms with E-state index in [2.05, 4.69) is 53.5 Å². The van der Waals surface area contributed by atoms with E-state index in [1.165, 1.54) is 22.3 Å². The average Bonchev–Trinajstić information content (AvgIpc) is 3.05. The molecule has 4 rings (SSSR count). The quantitative estimate of drug-likeness (QED) is 0.507. The molecule has 1 heterocycles. The van der Waals surface area contributed by atoms with Crippen LogP contribution in [0.3, 0.4) is 0 Å². The lowest BCUT2D eigenvalue weighted by Gasteiger charge is -2.03. The van der Waals surface area contributed by atoms with Crippen molar-refractivity contribution in [3.05, 3.63) is 71.9 Å². The van der Waals surface area contributed by atoms with Crippen molar-refractivity contribution in [1.82, 2.24) is 4.98 Å². The van der Waals surface area contributed by atoms with Crippen LogP contribution < -0.4 is 0 Å². The number of H-pyrrole nitrogens is 1. The summed E-state index contributed by atoms with van der Waals surface area (Å²) < 4.78 is 0. The molecule has 0 aliphatic heterocycles. The predicted molar refractivity (Wildman–Crippen MR) is 73.3 cm³/mol. The second-order valence-electron chi connectivity index (χ2n) is 4.68. The van der Waals surface area contributed by atoms with Crippen LogP contribution in [0, 0.1) is 6.07 Å². The Bertz CT molecular complexity index is 708. The summed E-state index contributed by atoms with van der Waals surface area (Å²) in [5.41, 5.74) is 7.69. The second kappa shape index (κ2) is 3.61. The van der Waals surface area contributed by atoms with Gasteiger partial charge in [0.05, 0.1) is 0 Å². The molecule has 1 N–H and O–H groups in total. The summed E-state index contributed by atoms with van der Waals surface area (Å²) in [7, 11) is 0. The number of hydrogen-bond donors (Lipinski definition) is 1. The number of hydrogen-bond acceptors (Lipinski definition) is 0. The number of aromatic amines is 1. The maximum atomic E-state index is 3.54. The van der Waals surface area contributed by atoms with E-state index in [9.17, 15) is 0 Å². The van der Waals surface area contributed by atoms with Crippen LogP contribution in [0.25, 0.3) is 22.4 Å². The van der Waals surface area contributed by atoms with Gasteiger partial charge in [-0.1, -0.05) is 36.4 Å². The average molecular weight is 230 g/mol. The molecule has 0 spiro atoms. The Balaban J connectivity index is 1.87. The summed E-state index contributed by atoms with van der Waals surface area (Å²) in [5, 5.41) is 0. The first kappa shape index (κ1) is 9.72. The zero-order valence-corrected chi connectivity index (χ0v) is 9.90. The molecule has 18 heavy (non-hydrogen) atoms. The van der Waals surface area contributed by atoms with Crippen LogP contribution in [0.15, 0.2) is 54.7 Å². The normalized spacial score (nSPS) is 12.2. The third-order valence-electron chi connectivity index (χ3n) is 3.59. The van der Waals surface area contributed by atoms with Crippen molar-refractivity contribution < 1.29 is 0 Å². The highest BCUT2D eigenvalue weighted by Gasteiger charge is 2.18. The van der Waals surface area contributed by atoms with E-state index in [1.54, 1.807) is 0 Å². The van der Waals surface area contributed by atoms with Gasteiger partial charge in [0.2, 0.25) is 0 Å². The van der Waals surface area contributed by atoms with Gasteiger partial charge in [0.25, 0.3) is 0 Å². The van der Waals surface area contributed by atoms with Gasteiger partial charge >= 0.3 is 0 Å². The molecule has 0 saturated heterocycles. The minimum Gasteiger partial charge on any atom is -0.361 e. The summed E-state index contributed by atoms with van der Waals surface area (Å²) >= 11 is 0. The van der Waals surface area contributed by atoms with Crippen molar-refractivity contribution >= 4 is 0 Å². The molecule has 0 saturated carbocycles. The van der Waals surface area contributed by atoms with Gasteiger partial charge in [-0.25, -0.2) is 0 Å². The van der Waals surface area contributed by atoms with Crippen LogP contribution in [0.2, 0.25) is 0 Å². The predicted octanol–water partition coefficient (Wildman–Crippen LogP) is 4.05. The number of fused-ring (bicyclic) bond motifs is 3. The molecule has 0 fully saturated rings. The highest BCUT2D eigenvalue weighted by Crippen LogP contribution is 2.37. The molecule has 0 amide bonds. The summed E-state index contributed by atoms with van der Waals surface area (Å²) in [5.74, 6) is 0. The molecule has 3 aromatic rings. The maximum absolute atomic E-state index is 3.54. The Hall–Kier alpha value is -2.28. The van der Waals surface area contributed by atoms with E-state index in [0.29, 0.717) is 0 Å². The van der Waals surface area contributed by atoms with Crippen molar-refractivity contribution in [2.45, 2.75) is 6.42 Å². The van der Waals surface area contributed by atoms with Gasteiger partial charge in [-0.2, -0.15) is 0 Å². The molecular formula is C17H12N. The fourth-order valence-corrected chi connectivity index (χ4v) is 2.71. The van der Waals surface area contributed by atoms with Crippen molar-refractivity contribution in [3.63, 3.8) is 0 Å². The fraction of sp³-hybridized carbons (Fsp3) is 0.0588. The van der Waals surface area contributed by atoms with Gasteiger partial charge in [-0.05, 0) is 46.9 Å². The topological polar surface area (TPSA) is 15.8 Å². The van der Waals surface area contributed by atoms with E-state index in [1.807, 2.05) is 12.3 Å². The van der Waals surface area contributed by atoms with Crippen molar-refractivity contribution in [1.29, 1.82) is 0 Å². The maximum Gasteiger partial charge on any atom is 0.0460 e. The van der Waals surface area contributed by atoms with Crippen molar-refractivity contribution in [2.24, 2.45) is 0 Å². The van der Waals surface area contributed by atoms with Gasteiger partial charge in [-0.15, -0.1) is 0 Å². The van der Waals surface area contributed by atoms with Crippen LogP contribution in [0.1, 0.15) is 11.1 Å². The van der Waals surface area contributed by atoms with E-state index < -0.39 is 0 Å². The number of benzene rings is 2. The van der Waals surface area contributed by atoms with E-state index >= 15 is 0 Å². The van der Waals surface area contributed by atoms with Gasteiger partial charge in [-0.3, -0.25) is 0 Å². The fourth-order valence-electron chi connectivity index (χ4n) is 2.71. The van der Waals surface area contributed by atoms with Crippen molar-refractivity contribution in [2.75, 3.05) is 0 Å². The van der Waals surface area contributed by atoms with E-state index in [-0.39, 0.29) is 0 Å². The Labute approximate surface area is 106 Å². The molecule has 0 unspecified atom stereocenters. The van der Waals surface area contributed by atoms with Crippen LogP contribution in [0.5, 0.6) is 0 Å². The first-order valence-corrected chi connectivity index (χ1v) is 6.19. The molecule has 1 radical (unpaired) electrons. The van der Waals surface area contributed by atoms with Gasteiger partial charge in [0, 0.05) is 17.5 Å². The zero-order valence-electron chi connectivity index (χ0n) is 9.90. The molecule has 1 aliphatic carbocycles. The largest absolute Gasteiger partial charge is 0.361 e. The monoisotopic (exact) mass is 230 g/mol. The third-order valence-corrected chi connectivity index (χ3v) is 3.59. The molecule has 85 valence electrons. The first-order valence-electron chi connectivity index (χ1n) is 6.19. The van der Waals surface area contributed by atoms with Gasteiger partial charge < -0.3 is 4.98 Å². The molecule has 0 bridgehead atoms. The summed E-state index contributed by atoms with van der Waals surface area (Å²) in [6.07, 6.45) is 2.95. The minimum absolute atomic E-state index is 1.00. The van der Waals surface area contributed by atoms with E-state index in [4.69, 9.17) is 0 Å².